The van der Waals surface area contributed by atoms with Gasteiger partial charge in [-0.3, -0.25) is 9.36 Å². The average molecular weight is 330 g/mol. The molecule has 1 aliphatic rings. The van der Waals surface area contributed by atoms with Crippen LogP contribution in [-0.2, 0) is 33.8 Å². The van der Waals surface area contributed by atoms with E-state index < -0.39 is 0 Å². The molecule has 3 rings (SSSR count). The van der Waals surface area contributed by atoms with Crippen molar-refractivity contribution in [3.8, 4) is 0 Å². The van der Waals surface area contributed by atoms with Gasteiger partial charge in [0, 0.05) is 27.2 Å². The van der Waals surface area contributed by atoms with Crippen LogP contribution >= 0.6 is 0 Å². The summed E-state index contributed by atoms with van der Waals surface area (Å²) >= 11 is 0. The van der Waals surface area contributed by atoms with Gasteiger partial charge in [-0.15, -0.1) is 10.2 Å². The highest BCUT2D eigenvalue weighted by Gasteiger charge is 2.35. The van der Waals surface area contributed by atoms with Gasteiger partial charge in [-0.05, 0) is 5.56 Å². The van der Waals surface area contributed by atoms with Gasteiger partial charge in [-0.25, -0.2) is 0 Å². The molecule has 0 fully saturated rings. The molecule has 7 nitrogen and oxygen atoms in total. The van der Waals surface area contributed by atoms with E-state index in [2.05, 4.69) is 10.2 Å². The van der Waals surface area contributed by atoms with Crippen LogP contribution in [0.25, 0.3) is 0 Å². The molecule has 1 amide bonds. The van der Waals surface area contributed by atoms with Gasteiger partial charge in [0.15, 0.2) is 11.6 Å². The minimum Gasteiger partial charge on any atom is -0.383 e. The zero-order valence-electron chi connectivity index (χ0n) is 14.0. The van der Waals surface area contributed by atoms with Crippen molar-refractivity contribution in [1.29, 1.82) is 0 Å². The fourth-order valence-corrected chi connectivity index (χ4v) is 3.03. The van der Waals surface area contributed by atoms with Crippen LogP contribution in [-0.4, -0.2) is 52.9 Å². The van der Waals surface area contributed by atoms with E-state index in [1.54, 1.807) is 19.1 Å². The SMILES string of the molecule is COCCN1Cc2nnc(COC)n2[C@H](Cc2ccccc2)C1=O. The molecule has 7 heteroatoms. The quantitative estimate of drug-likeness (QED) is 0.763. The fourth-order valence-electron chi connectivity index (χ4n) is 3.03. The van der Waals surface area contributed by atoms with Gasteiger partial charge in [0.2, 0.25) is 5.91 Å². The Morgan fingerprint density at radius 1 is 1.17 bits per heavy atom. The van der Waals surface area contributed by atoms with Crippen molar-refractivity contribution in [3.63, 3.8) is 0 Å². The second-order valence-electron chi connectivity index (χ2n) is 5.79. The Morgan fingerprint density at radius 3 is 2.67 bits per heavy atom. The summed E-state index contributed by atoms with van der Waals surface area (Å²) in [5.41, 5.74) is 1.10. The maximum atomic E-state index is 13.0. The Hall–Kier alpha value is -2.25. The topological polar surface area (TPSA) is 69.5 Å². The Kier molecular flexibility index (Phi) is 5.22. The summed E-state index contributed by atoms with van der Waals surface area (Å²) in [6.07, 6.45) is 0.602. The number of hydrogen-bond acceptors (Lipinski definition) is 5. The number of ether oxygens (including phenoxy) is 2. The van der Waals surface area contributed by atoms with Gasteiger partial charge in [0.05, 0.1) is 13.2 Å². The van der Waals surface area contributed by atoms with Crippen LogP contribution in [0.5, 0.6) is 0 Å². The number of rotatable bonds is 7. The molecule has 0 spiro atoms. The van der Waals surface area contributed by atoms with Crippen LogP contribution in [0, 0.1) is 0 Å². The van der Waals surface area contributed by atoms with E-state index in [0.29, 0.717) is 38.5 Å². The number of nitrogens with zero attached hydrogens (tertiary/aromatic N) is 4. The molecule has 1 aromatic carbocycles. The van der Waals surface area contributed by atoms with E-state index in [-0.39, 0.29) is 11.9 Å². The summed E-state index contributed by atoms with van der Waals surface area (Å²) < 4.78 is 12.3. The largest absolute Gasteiger partial charge is 0.383 e. The van der Waals surface area contributed by atoms with Gasteiger partial charge >= 0.3 is 0 Å². The van der Waals surface area contributed by atoms with E-state index in [4.69, 9.17) is 9.47 Å². The number of carbonyl (C=O) groups excluding carboxylic acids is 1. The predicted molar refractivity (Wildman–Crippen MR) is 87.2 cm³/mol. The Balaban J connectivity index is 1.93. The van der Waals surface area contributed by atoms with Crippen molar-refractivity contribution < 1.29 is 14.3 Å². The van der Waals surface area contributed by atoms with Crippen molar-refractivity contribution in [2.45, 2.75) is 25.6 Å². The summed E-state index contributed by atoms with van der Waals surface area (Å²) in [7, 11) is 3.25. The molecule has 1 aromatic heterocycles. The number of methoxy groups -OCH3 is 2. The van der Waals surface area contributed by atoms with E-state index >= 15 is 0 Å². The predicted octanol–water partition coefficient (Wildman–Crippen LogP) is 1.20. The van der Waals surface area contributed by atoms with Crippen LogP contribution in [0.1, 0.15) is 23.3 Å². The Bertz CT molecular complexity index is 686. The van der Waals surface area contributed by atoms with E-state index in [0.717, 1.165) is 11.4 Å². The summed E-state index contributed by atoms with van der Waals surface area (Å²) in [6, 6.07) is 9.64. The summed E-state index contributed by atoms with van der Waals surface area (Å²) in [5, 5.41) is 8.46. The lowest BCUT2D eigenvalue weighted by Crippen LogP contribution is -2.45. The first-order chi connectivity index (χ1) is 11.7. The van der Waals surface area contributed by atoms with Crippen molar-refractivity contribution in [2.24, 2.45) is 0 Å². The third-order valence-electron chi connectivity index (χ3n) is 4.19. The van der Waals surface area contributed by atoms with Crippen LogP contribution in [0.15, 0.2) is 30.3 Å². The maximum absolute atomic E-state index is 13.0. The third-order valence-corrected chi connectivity index (χ3v) is 4.19. The molecule has 128 valence electrons. The van der Waals surface area contributed by atoms with Crippen LogP contribution < -0.4 is 0 Å². The summed E-state index contributed by atoms with van der Waals surface area (Å²) in [6.45, 7) is 1.84. The molecule has 0 saturated carbocycles. The van der Waals surface area contributed by atoms with Crippen molar-refractivity contribution in [2.75, 3.05) is 27.4 Å². The normalized spacial score (nSPS) is 17.2. The first kappa shape index (κ1) is 16.6. The molecule has 0 bridgehead atoms. The summed E-state index contributed by atoms with van der Waals surface area (Å²) in [4.78, 5) is 14.8. The zero-order valence-corrected chi connectivity index (χ0v) is 14.0. The molecule has 0 aliphatic carbocycles. The van der Waals surface area contributed by atoms with E-state index in [9.17, 15) is 4.79 Å². The molecular formula is C17H22N4O3. The minimum atomic E-state index is -0.354. The molecule has 0 saturated heterocycles. The van der Waals surface area contributed by atoms with Gasteiger partial charge in [-0.2, -0.15) is 0 Å². The molecule has 0 radical (unpaired) electrons. The number of aromatic nitrogens is 3. The second-order valence-corrected chi connectivity index (χ2v) is 5.79. The smallest absolute Gasteiger partial charge is 0.246 e. The number of fused-ring (bicyclic) bond motifs is 1. The van der Waals surface area contributed by atoms with Gasteiger partial charge < -0.3 is 14.4 Å². The zero-order chi connectivity index (χ0) is 16.9. The van der Waals surface area contributed by atoms with Crippen LogP contribution in [0.4, 0.5) is 0 Å². The number of hydrogen-bond donors (Lipinski definition) is 0. The fraction of sp³-hybridized carbons (Fsp3) is 0.471. The van der Waals surface area contributed by atoms with Crippen LogP contribution in [0.3, 0.4) is 0 Å². The van der Waals surface area contributed by atoms with Gasteiger partial charge in [0.1, 0.15) is 12.6 Å². The van der Waals surface area contributed by atoms with E-state index in [1.807, 2.05) is 34.9 Å². The Labute approximate surface area is 141 Å². The molecule has 0 unspecified atom stereocenters. The number of benzene rings is 1. The number of amides is 1. The van der Waals surface area contributed by atoms with Crippen molar-refractivity contribution in [3.05, 3.63) is 47.5 Å². The van der Waals surface area contributed by atoms with Crippen LogP contribution in [0.2, 0.25) is 0 Å². The first-order valence-corrected chi connectivity index (χ1v) is 7.97. The third kappa shape index (κ3) is 3.32. The summed E-state index contributed by atoms with van der Waals surface area (Å²) in [5.74, 6) is 1.55. The number of carbonyl (C=O) groups is 1. The van der Waals surface area contributed by atoms with Gasteiger partial charge in [-0.1, -0.05) is 30.3 Å². The molecule has 2 heterocycles. The molecular weight excluding hydrogens is 308 g/mol. The Morgan fingerprint density at radius 2 is 1.96 bits per heavy atom. The lowest BCUT2D eigenvalue weighted by molar-refractivity contribution is -0.138. The highest BCUT2D eigenvalue weighted by molar-refractivity contribution is 5.82. The second kappa shape index (κ2) is 7.55. The lowest BCUT2D eigenvalue weighted by Gasteiger charge is -2.33. The first-order valence-electron chi connectivity index (χ1n) is 7.97. The minimum absolute atomic E-state index is 0.0700. The molecule has 1 aliphatic heterocycles. The highest BCUT2D eigenvalue weighted by atomic mass is 16.5. The van der Waals surface area contributed by atoms with Gasteiger partial charge in [0.25, 0.3) is 0 Å². The molecule has 2 aromatic rings. The molecule has 24 heavy (non-hydrogen) atoms. The maximum Gasteiger partial charge on any atom is 0.246 e. The molecule has 1 atom stereocenters. The van der Waals surface area contributed by atoms with E-state index in [1.165, 1.54) is 0 Å². The highest BCUT2D eigenvalue weighted by Crippen LogP contribution is 2.26. The lowest BCUT2D eigenvalue weighted by atomic mass is 10.0. The monoisotopic (exact) mass is 330 g/mol. The van der Waals surface area contributed by atoms with Crippen molar-refractivity contribution in [1.82, 2.24) is 19.7 Å². The standard InChI is InChI=1S/C17H22N4O3/c1-23-9-8-20-11-15-18-19-16(12-24-2)21(15)14(17(20)22)10-13-6-4-3-5-7-13/h3-7,14H,8-12H2,1-2H3/t14-/m1/s1. The van der Waals surface area contributed by atoms with Crippen molar-refractivity contribution >= 4 is 5.91 Å². The molecule has 0 N–H and O–H groups in total. The average Bonchev–Trinajstić information content (AvgIpc) is 3.00.